The Morgan fingerprint density at radius 2 is 2.57 bits per heavy atom. The normalized spacial score (nSPS) is 57.0. The van der Waals surface area contributed by atoms with Crippen LogP contribution in [0.3, 0.4) is 0 Å². The van der Waals surface area contributed by atoms with E-state index in [2.05, 4.69) is 0 Å². The lowest BCUT2D eigenvalue weighted by atomic mass is 10.3. The molecule has 1 heterocycles. The van der Waals surface area contributed by atoms with Crippen molar-refractivity contribution in [1.82, 2.24) is 0 Å². The smallest absolute Gasteiger partial charge is 0.0650 e. The minimum atomic E-state index is 0.139. The largest absolute Gasteiger partial charge is 0.379 e. The summed E-state index contributed by atoms with van der Waals surface area (Å²) >= 11 is 0. The molecule has 2 atom stereocenters. The summed E-state index contributed by atoms with van der Waals surface area (Å²) in [4.78, 5) is 0. The third-order valence-corrected chi connectivity index (χ3v) is 1.97. The summed E-state index contributed by atoms with van der Waals surface area (Å²) in [6, 6.07) is 0. The van der Waals surface area contributed by atoms with Crippen LogP contribution in [0.1, 0.15) is 6.42 Å². The maximum atomic E-state index is 5.73. The summed E-state index contributed by atoms with van der Waals surface area (Å²) in [5, 5.41) is 0. The van der Waals surface area contributed by atoms with E-state index >= 15 is 0 Å². The second kappa shape index (κ2) is 0.858. The van der Waals surface area contributed by atoms with Crippen molar-refractivity contribution in [3.8, 4) is 0 Å². The Balaban J connectivity index is 2.17. The first kappa shape index (κ1) is 3.87. The molecule has 1 saturated heterocycles. The third kappa shape index (κ3) is 0.359. The molecule has 0 bridgehead atoms. The Hall–Kier alpha value is -0.0800. The van der Waals surface area contributed by atoms with Gasteiger partial charge in [0.1, 0.15) is 0 Å². The van der Waals surface area contributed by atoms with E-state index in [1.165, 1.54) is 6.42 Å². The predicted molar refractivity (Wildman–Crippen MR) is 25.8 cm³/mol. The van der Waals surface area contributed by atoms with E-state index in [4.69, 9.17) is 10.5 Å². The van der Waals surface area contributed by atoms with Crippen molar-refractivity contribution in [2.45, 2.75) is 12.0 Å². The topological polar surface area (TPSA) is 35.2 Å². The van der Waals surface area contributed by atoms with Crippen LogP contribution >= 0.6 is 0 Å². The van der Waals surface area contributed by atoms with Gasteiger partial charge in [-0.1, -0.05) is 0 Å². The van der Waals surface area contributed by atoms with Crippen LogP contribution in [0.2, 0.25) is 0 Å². The van der Waals surface area contributed by atoms with E-state index in [-0.39, 0.29) is 5.54 Å². The van der Waals surface area contributed by atoms with E-state index < -0.39 is 0 Å². The second-order valence-electron chi connectivity index (χ2n) is 2.65. The Bertz CT molecular complexity index is 102. The molecule has 0 spiro atoms. The third-order valence-electron chi connectivity index (χ3n) is 1.97. The average Bonchev–Trinajstić information content (AvgIpc) is 2.09. The van der Waals surface area contributed by atoms with Crippen LogP contribution in [0.4, 0.5) is 0 Å². The van der Waals surface area contributed by atoms with Crippen molar-refractivity contribution in [3.63, 3.8) is 0 Å². The first-order valence-electron chi connectivity index (χ1n) is 2.68. The van der Waals surface area contributed by atoms with Crippen LogP contribution in [0.15, 0.2) is 0 Å². The molecule has 1 saturated carbocycles. The van der Waals surface area contributed by atoms with Crippen LogP contribution in [-0.4, -0.2) is 18.8 Å². The molecule has 1 aliphatic carbocycles. The van der Waals surface area contributed by atoms with Gasteiger partial charge < -0.3 is 10.5 Å². The van der Waals surface area contributed by atoms with Crippen molar-refractivity contribution in [1.29, 1.82) is 0 Å². The van der Waals surface area contributed by atoms with Gasteiger partial charge in [-0.2, -0.15) is 0 Å². The van der Waals surface area contributed by atoms with Crippen molar-refractivity contribution < 1.29 is 4.74 Å². The molecule has 2 rings (SSSR count). The molecule has 1 aliphatic heterocycles. The fourth-order valence-electron chi connectivity index (χ4n) is 1.19. The molecule has 40 valence electrons. The summed E-state index contributed by atoms with van der Waals surface area (Å²) in [5.41, 5.74) is 5.87. The van der Waals surface area contributed by atoms with Gasteiger partial charge in [-0.05, 0) is 6.42 Å². The zero-order valence-electron chi connectivity index (χ0n) is 4.18. The second-order valence-corrected chi connectivity index (χ2v) is 2.65. The fraction of sp³-hybridized carbons (Fsp3) is 1.00. The van der Waals surface area contributed by atoms with Crippen LogP contribution in [0, 0.1) is 5.92 Å². The Morgan fingerprint density at radius 1 is 1.71 bits per heavy atom. The van der Waals surface area contributed by atoms with E-state index in [1.807, 2.05) is 0 Å². The van der Waals surface area contributed by atoms with Gasteiger partial charge in [-0.3, -0.25) is 0 Å². The van der Waals surface area contributed by atoms with Gasteiger partial charge in [-0.15, -0.1) is 0 Å². The van der Waals surface area contributed by atoms with Gasteiger partial charge in [0, 0.05) is 11.5 Å². The lowest BCUT2D eigenvalue weighted by Crippen LogP contribution is -2.25. The van der Waals surface area contributed by atoms with E-state index in [0.717, 1.165) is 13.2 Å². The maximum Gasteiger partial charge on any atom is 0.0650 e. The highest BCUT2D eigenvalue weighted by Gasteiger charge is 2.55. The molecule has 2 aliphatic rings. The molecule has 0 aromatic heterocycles. The van der Waals surface area contributed by atoms with Gasteiger partial charge in [0.15, 0.2) is 0 Å². The summed E-state index contributed by atoms with van der Waals surface area (Å²) in [5.74, 6) is 0.715. The molecule has 2 heteroatoms. The minimum absolute atomic E-state index is 0.139. The minimum Gasteiger partial charge on any atom is -0.379 e. The molecule has 0 aromatic rings. The molecule has 7 heavy (non-hydrogen) atoms. The number of ether oxygens (including phenoxy) is 1. The predicted octanol–water partition coefficient (Wildman–Crippen LogP) is -0.266. The summed E-state index contributed by atoms with van der Waals surface area (Å²) in [7, 11) is 0. The molecule has 0 radical (unpaired) electrons. The molecular formula is C5H9NO. The van der Waals surface area contributed by atoms with Crippen molar-refractivity contribution in [2.24, 2.45) is 11.7 Å². The van der Waals surface area contributed by atoms with Crippen LogP contribution in [0.5, 0.6) is 0 Å². The first-order valence-corrected chi connectivity index (χ1v) is 2.68. The Kier molecular flexibility index (Phi) is 0.474. The van der Waals surface area contributed by atoms with Gasteiger partial charge >= 0.3 is 0 Å². The highest BCUT2D eigenvalue weighted by atomic mass is 16.5. The molecular weight excluding hydrogens is 90.1 g/mol. The summed E-state index contributed by atoms with van der Waals surface area (Å²) in [6.45, 7) is 1.72. The fourth-order valence-corrected chi connectivity index (χ4v) is 1.19. The monoisotopic (exact) mass is 99.1 g/mol. The Labute approximate surface area is 42.6 Å². The molecule has 1 unspecified atom stereocenters. The van der Waals surface area contributed by atoms with Crippen LogP contribution < -0.4 is 5.73 Å². The van der Waals surface area contributed by atoms with Crippen LogP contribution in [0.25, 0.3) is 0 Å². The molecule has 2 fully saturated rings. The highest BCUT2D eigenvalue weighted by molar-refractivity contribution is 5.11. The highest BCUT2D eigenvalue weighted by Crippen LogP contribution is 2.45. The standard InChI is InChI=1S/C5H9NO/c6-5-1-4(5)2-7-3-5/h4H,1-3,6H2/t4?,5-/m1/s1. The maximum absolute atomic E-state index is 5.73. The van der Waals surface area contributed by atoms with Gasteiger partial charge in [-0.25, -0.2) is 0 Å². The molecule has 0 aromatic carbocycles. The Morgan fingerprint density at radius 3 is 2.71 bits per heavy atom. The number of rotatable bonds is 0. The lowest BCUT2D eigenvalue weighted by Gasteiger charge is -1.97. The number of hydrogen-bond acceptors (Lipinski definition) is 2. The van der Waals surface area contributed by atoms with Gasteiger partial charge in [0.2, 0.25) is 0 Å². The van der Waals surface area contributed by atoms with E-state index in [1.54, 1.807) is 0 Å². The quantitative estimate of drug-likeness (QED) is 0.454. The number of fused-ring (bicyclic) bond motifs is 1. The average molecular weight is 99.1 g/mol. The summed E-state index contributed by atoms with van der Waals surface area (Å²) in [6.07, 6.45) is 1.20. The van der Waals surface area contributed by atoms with Crippen molar-refractivity contribution in [3.05, 3.63) is 0 Å². The van der Waals surface area contributed by atoms with Crippen molar-refractivity contribution >= 4 is 0 Å². The van der Waals surface area contributed by atoms with E-state index in [9.17, 15) is 0 Å². The van der Waals surface area contributed by atoms with Crippen molar-refractivity contribution in [2.75, 3.05) is 13.2 Å². The zero-order valence-corrected chi connectivity index (χ0v) is 4.18. The van der Waals surface area contributed by atoms with Gasteiger partial charge in [0.25, 0.3) is 0 Å². The first-order chi connectivity index (χ1) is 3.31. The van der Waals surface area contributed by atoms with E-state index in [0.29, 0.717) is 5.92 Å². The molecule has 0 amide bonds. The SMILES string of the molecule is N[C@]12COCC1C2. The zero-order chi connectivity index (χ0) is 4.91. The van der Waals surface area contributed by atoms with Crippen LogP contribution in [-0.2, 0) is 4.74 Å². The molecule has 2 N–H and O–H groups in total. The molecule has 2 nitrogen and oxygen atoms in total. The number of hydrogen-bond donors (Lipinski definition) is 1. The van der Waals surface area contributed by atoms with Gasteiger partial charge in [0.05, 0.1) is 13.2 Å². The number of nitrogens with two attached hydrogens (primary N) is 1. The summed E-state index contributed by atoms with van der Waals surface area (Å²) < 4.78 is 5.08. The lowest BCUT2D eigenvalue weighted by molar-refractivity contribution is 0.161.